The molecule has 7 heteroatoms. The highest BCUT2D eigenvalue weighted by atomic mass is 16.5. The van der Waals surface area contributed by atoms with Crippen LogP contribution in [0.4, 0.5) is 0 Å². The molecule has 1 atom stereocenters. The fourth-order valence-electron chi connectivity index (χ4n) is 2.80. The molecule has 0 radical (unpaired) electrons. The SMILES string of the molecule is COc1ccc(OCC(=O)N2CCO[C@@H](CCc3ccncn3)C2)cc1. The zero-order valence-corrected chi connectivity index (χ0v) is 14.8. The Labute approximate surface area is 152 Å². The van der Waals surface area contributed by atoms with E-state index in [1.54, 1.807) is 48.8 Å². The quantitative estimate of drug-likeness (QED) is 0.751. The van der Waals surface area contributed by atoms with E-state index >= 15 is 0 Å². The molecule has 1 amide bonds. The van der Waals surface area contributed by atoms with Crippen LogP contribution in [0.15, 0.2) is 42.9 Å². The molecule has 0 N–H and O–H groups in total. The van der Waals surface area contributed by atoms with Crippen LogP contribution >= 0.6 is 0 Å². The van der Waals surface area contributed by atoms with Crippen LogP contribution in [0.1, 0.15) is 12.1 Å². The van der Waals surface area contributed by atoms with E-state index in [1.165, 1.54) is 0 Å². The molecular formula is C19H23N3O4. The monoisotopic (exact) mass is 357 g/mol. The van der Waals surface area contributed by atoms with Gasteiger partial charge in [-0.1, -0.05) is 0 Å². The van der Waals surface area contributed by atoms with Gasteiger partial charge >= 0.3 is 0 Å². The van der Waals surface area contributed by atoms with E-state index in [4.69, 9.17) is 14.2 Å². The number of aryl methyl sites for hydroxylation is 1. The fourth-order valence-corrected chi connectivity index (χ4v) is 2.80. The minimum Gasteiger partial charge on any atom is -0.497 e. The van der Waals surface area contributed by atoms with E-state index in [0.29, 0.717) is 25.4 Å². The van der Waals surface area contributed by atoms with E-state index in [9.17, 15) is 4.79 Å². The lowest BCUT2D eigenvalue weighted by molar-refractivity contribution is -0.141. The number of carbonyl (C=O) groups excluding carboxylic acids is 1. The molecular weight excluding hydrogens is 334 g/mol. The maximum Gasteiger partial charge on any atom is 0.260 e. The van der Waals surface area contributed by atoms with Crippen LogP contribution < -0.4 is 9.47 Å². The van der Waals surface area contributed by atoms with E-state index < -0.39 is 0 Å². The molecule has 0 saturated carbocycles. The number of hydrogen-bond donors (Lipinski definition) is 0. The molecule has 2 aromatic rings. The predicted octanol–water partition coefficient (Wildman–Crippen LogP) is 1.72. The number of hydrogen-bond acceptors (Lipinski definition) is 6. The zero-order chi connectivity index (χ0) is 18.2. The Hall–Kier alpha value is -2.67. The molecule has 1 aliphatic heterocycles. The average Bonchev–Trinajstić information content (AvgIpc) is 2.72. The minimum absolute atomic E-state index is 0.0173. The van der Waals surface area contributed by atoms with Gasteiger partial charge in [0.05, 0.1) is 19.8 Å². The van der Waals surface area contributed by atoms with Gasteiger partial charge in [0, 0.05) is 25.0 Å². The van der Waals surface area contributed by atoms with Crippen molar-refractivity contribution in [1.29, 1.82) is 0 Å². The first kappa shape index (κ1) is 18.1. The van der Waals surface area contributed by atoms with Gasteiger partial charge in [0.25, 0.3) is 5.91 Å². The van der Waals surface area contributed by atoms with Gasteiger partial charge in [-0.25, -0.2) is 9.97 Å². The maximum atomic E-state index is 12.4. The second-order valence-corrected chi connectivity index (χ2v) is 6.04. The normalized spacial score (nSPS) is 17.0. The lowest BCUT2D eigenvalue weighted by Gasteiger charge is -2.33. The third-order valence-electron chi connectivity index (χ3n) is 4.28. The average molecular weight is 357 g/mol. The van der Waals surface area contributed by atoms with Crippen LogP contribution in [0, 0.1) is 0 Å². The Morgan fingerprint density at radius 1 is 1.27 bits per heavy atom. The third kappa shape index (κ3) is 5.16. The zero-order valence-electron chi connectivity index (χ0n) is 14.8. The summed E-state index contributed by atoms with van der Waals surface area (Å²) in [6, 6.07) is 9.08. The summed E-state index contributed by atoms with van der Waals surface area (Å²) in [4.78, 5) is 22.3. The number of aromatic nitrogens is 2. The summed E-state index contributed by atoms with van der Waals surface area (Å²) >= 11 is 0. The van der Waals surface area contributed by atoms with Crippen molar-refractivity contribution in [3.05, 3.63) is 48.5 Å². The molecule has 7 nitrogen and oxygen atoms in total. The Morgan fingerprint density at radius 3 is 2.81 bits per heavy atom. The molecule has 0 spiro atoms. The second kappa shape index (κ2) is 9.15. The largest absolute Gasteiger partial charge is 0.497 e. The van der Waals surface area contributed by atoms with Gasteiger partial charge in [-0.3, -0.25) is 4.79 Å². The van der Waals surface area contributed by atoms with Gasteiger partial charge in [-0.15, -0.1) is 0 Å². The number of rotatable bonds is 7. The summed E-state index contributed by atoms with van der Waals surface area (Å²) in [5.74, 6) is 1.37. The van der Waals surface area contributed by atoms with Gasteiger partial charge in [0.1, 0.15) is 17.8 Å². The highest BCUT2D eigenvalue weighted by Gasteiger charge is 2.24. The van der Waals surface area contributed by atoms with Crippen LogP contribution in [0.2, 0.25) is 0 Å². The molecule has 0 bridgehead atoms. The molecule has 0 aliphatic carbocycles. The smallest absolute Gasteiger partial charge is 0.260 e. The second-order valence-electron chi connectivity index (χ2n) is 6.04. The summed E-state index contributed by atoms with van der Waals surface area (Å²) < 4.78 is 16.5. The summed E-state index contributed by atoms with van der Waals surface area (Å²) in [5, 5.41) is 0. The number of nitrogens with zero attached hydrogens (tertiary/aromatic N) is 3. The lowest BCUT2D eigenvalue weighted by Crippen LogP contribution is -2.47. The Morgan fingerprint density at radius 2 is 2.08 bits per heavy atom. The van der Waals surface area contributed by atoms with Gasteiger partial charge < -0.3 is 19.1 Å². The number of amides is 1. The maximum absolute atomic E-state index is 12.4. The number of carbonyl (C=O) groups is 1. The third-order valence-corrected chi connectivity index (χ3v) is 4.28. The van der Waals surface area contributed by atoms with Gasteiger partial charge in [-0.2, -0.15) is 0 Å². The summed E-state index contributed by atoms with van der Waals surface area (Å²) in [5.41, 5.74) is 0.981. The van der Waals surface area contributed by atoms with Crippen LogP contribution in [0.3, 0.4) is 0 Å². The summed E-state index contributed by atoms with van der Waals surface area (Å²) in [6.07, 6.45) is 4.92. The highest BCUT2D eigenvalue weighted by Crippen LogP contribution is 2.17. The van der Waals surface area contributed by atoms with Gasteiger partial charge in [0.2, 0.25) is 0 Å². The Balaban J connectivity index is 1.44. The number of methoxy groups -OCH3 is 1. The van der Waals surface area contributed by atoms with Crippen molar-refractivity contribution in [1.82, 2.24) is 14.9 Å². The highest BCUT2D eigenvalue weighted by molar-refractivity contribution is 5.77. The molecule has 1 saturated heterocycles. The molecule has 2 heterocycles. The number of benzene rings is 1. The Kier molecular flexibility index (Phi) is 6.38. The first-order chi connectivity index (χ1) is 12.7. The fraction of sp³-hybridized carbons (Fsp3) is 0.421. The van der Waals surface area contributed by atoms with Crippen LogP contribution in [-0.4, -0.2) is 60.3 Å². The summed E-state index contributed by atoms with van der Waals surface area (Å²) in [6.45, 7) is 1.73. The van der Waals surface area contributed by atoms with Crippen LogP contribution in [0.25, 0.3) is 0 Å². The molecule has 1 fully saturated rings. The van der Waals surface area contributed by atoms with Gasteiger partial charge in [0.15, 0.2) is 6.61 Å². The van der Waals surface area contributed by atoms with Crippen molar-refractivity contribution < 1.29 is 19.0 Å². The topological polar surface area (TPSA) is 73.8 Å². The number of ether oxygens (including phenoxy) is 3. The van der Waals surface area contributed by atoms with Crippen molar-refractivity contribution in [3.63, 3.8) is 0 Å². The molecule has 1 aromatic heterocycles. The van der Waals surface area contributed by atoms with Crippen molar-refractivity contribution in [2.24, 2.45) is 0 Å². The molecule has 26 heavy (non-hydrogen) atoms. The van der Waals surface area contributed by atoms with Crippen molar-refractivity contribution >= 4 is 5.91 Å². The van der Waals surface area contributed by atoms with Crippen LogP contribution in [0.5, 0.6) is 11.5 Å². The first-order valence-electron chi connectivity index (χ1n) is 8.65. The summed E-state index contributed by atoms with van der Waals surface area (Å²) in [7, 11) is 1.61. The van der Waals surface area contributed by atoms with Gasteiger partial charge in [-0.05, 0) is 43.2 Å². The molecule has 1 aromatic carbocycles. The Bertz CT molecular complexity index is 694. The minimum atomic E-state index is -0.0313. The standard InChI is InChI=1S/C19H23N3O4/c1-24-16-4-6-17(7-5-16)26-13-19(23)22-10-11-25-18(12-22)3-2-15-8-9-20-14-21-15/h4-9,14,18H,2-3,10-13H2,1H3/t18-/m0/s1. The van der Waals surface area contributed by atoms with Crippen LogP contribution in [-0.2, 0) is 16.0 Å². The first-order valence-corrected chi connectivity index (χ1v) is 8.65. The lowest BCUT2D eigenvalue weighted by atomic mass is 10.1. The van der Waals surface area contributed by atoms with E-state index in [1.807, 2.05) is 6.07 Å². The molecule has 1 aliphatic rings. The van der Waals surface area contributed by atoms with E-state index in [0.717, 1.165) is 24.3 Å². The molecule has 138 valence electrons. The number of morpholine rings is 1. The van der Waals surface area contributed by atoms with E-state index in [-0.39, 0.29) is 18.6 Å². The molecule has 3 rings (SSSR count). The van der Waals surface area contributed by atoms with E-state index in [2.05, 4.69) is 9.97 Å². The predicted molar refractivity (Wildman–Crippen MR) is 95.2 cm³/mol. The van der Waals surface area contributed by atoms with Crippen molar-refractivity contribution in [2.75, 3.05) is 33.4 Å². The van der Waals surface area contributed by atoms with Crippen molar-refractivity contribution in [3.8, 4) is 11.5 Å². The molecule has 0 unspecified atom stereocenters. The van der Waals surface area contributed by atoms with Crippen molar-refractivity contribution in [2.45, 2.75) is 18.9 Å².